The van der Waals surface area contributed by atoms with Crippen LogP contribution in [0.5, 0.6) is 0 Å². The zero-order valence-corrected chi connectivity index (χ0v) is 23.2. The van der Waals surface area contributed by atoms with Crippen LogP contribution in [0.25, 0.3) is 0 Å². The van der Waals surface area contributed by atoms with Gasteiger partial charge < -0.3 is 15.3 Å². The molecule has 3 N–H and O–H groups in total. The number of nitrogens with zero attached hydrogens (tertiary/aromatic N) is 2. The molecule has 1 fully saturated rings. The zero-order valence-electron chi connectivity index (χ0n) is 22.5. The predicted octanol–water partition coefficient (Wildman–Crippen LogP) is 6.10. The molecule has 1 saturated heterocycles. The fourth-order valence-electron chi connectivity index (χ4n) is 4.40. The van der Waals surface area contributed by atoms with E-state index in [1.165, 1.54) is 6.07 Å². The minimum absolute atomic E-state index is 0.0657. The van der Waals surface area contributed by atoms with E-state index in [0.29, 0.717) is 17.5 Å². The second kappa shape index (κ2) is 14.0. The molecule has 11 heteroatoms. The van der Waals surface area contributed by atoms with Gasteiger partial charge in [-0.1, -0.05) is 35.6 Å². The third-order valence-electron chi connectivity index (χ3n) is 6.49. The highest BCUT2D eigenvalue weighted by Crippen LogP contribution is 2.35. The Labute approximate surface area is 246 Å². The van der Waals surface area contributed by atoms with Gasteiger partial charge in [0.25, 0.3) is 11.8 Å². The summed E-state index contributed by atoms with van der Waals surface area (Å²) in [6.07, 6.45) is -0.0951. The summed E-state index contributed by atoms with van der Waals surface area (Å²) in [5, 5.41) is 15.1. The molecule has 3 aromatic rings. The normalized spacial score (nSPS) is 13.4. The van der Waals surface area contributed by atoms with Crippen molar-refractivity contribution in [3.8, 4) is 11.8 Å². The van der Waals surface area contributed by atoms with Crippen molar-refractivity contribution < 1.29 is 27.9 Å². The smallest absolute Gasteiger partial charge is 0.395 e. The van der Waals surface area contributed by atoms with Gasteiger partial charge in [-0.3, -0.25) is 9.59 Å². The molecule has 7 nitrogen and oxygen atoms in total. The first-order chi connectivity index (χ1) is 20.2. The van der Waals surface area contributed by atoms with Crippen LogP contribution in [0.15, 0.2) is 65.8 Å². The SMILES string of the molecule is O=C(Nc1ccc(N2CCCCC2)cc1C(=O)NN=Cc1ccc(Cl)c(C(F)(F)F)c1)c1cccc(C#CCCO)c1. The van der Waals surface area contributed by atoms with E-state index in [1.807, 2.05) is 6.07 Å². The number of piperidine rings is 1. The van der Waals surface area contributed by atoms with Crippen molar-refractivity contribution in [1.82, 2.24) is 5.43 Å². The number of nitrogens with one attached hydrogen (secondary N) is 2. The summed E-state index contributed by atoms with van der Waals surface area (Å²) in [6.45, 7) is 1.59. The molecule has 0 atom stereocenters. The van der Waals surface area contributed by atoms with Gasteiger partial charge >= 0.3 is 6.18 Å². The third-order valence-corrected chi connectivity index (χ3v) is 6.82. The number of halogens is 4. The Morgan fingerprint density at radius 3 is 2.55 bits per heavy atom. The van der Waals surface area contributed by atoms with E-state index >= 15 is 0 Å². The lowest BCUT2D eigenvalue weighted by molar-refractivity contribution is -0.137. The number of benzene rings is 3. The van der Waals surface area contributed by atoms with Gasteiger partial charge in [0.2, 0.25) is 0 Å². The Hall–Kier alpha value is -4.33. The highest BCUT2D eigenvalue weighted by molar-refractivity contribution is 6.31. The van der Waals surface area contributed by atoms with Crippen molar-refractivity contribution in [2.24, 2.45) is 5.10 Å². The van der Waals surface area contributed by atoms with Gasteiger partial charge in [0.05, 0.1) is 34.7 Å². The third kappa shape index (κ3) is 8.12. The summed E-state index contributed by atoms with van der Waals surface area (Å²) >= 11 is 5.68. The molecule has 1 aliphatic heterocycles. The largest absolute Gasteiger partial charge is 0.417 e. The molecule has 3 aromatic carbocycles. The molecule has 0 radical (unpaired) electrons. The lowest BCUT2D eigenvalue weighted by atomic mass is 10.1. The van der Waals surface area contributed by atoms with Gasteiger partial charge in [-0.25, -0.2) is 5.43 Å². The van der Waals surface area contributed by atoms with Crippen LogP contribution >= 0.6 is 11.6 Å². The van der Waals surface area contributed by atoms with E-state index in [9.17, 15) is 22.8 Å². The minimum Gasteiger partial charge on any atom is -0.395 e. The minimum atomic E-state index is -4.64. The summed E-state index contributed by atoms with van der Waals surface area (Å²) in [4.78, 5) is 28.5. The summed E-state index contributed by atoms with van der Waals surface area (Å²) in [5.41, 5.74) is 3.51. The number of carbonyl (C=O) groups is 2. The summed E-state index contributed by atoms with van der Waals surface area (Å²) in [6, 6.07) is 15.0. The Kier molecular flexibility index (Phi) is 10.2. The van der Waals surface area contributed by atoms with Crippen LogP contribution in [-0.4, -0.2) is 42.8 Å². The number of anilines is 2. The Morgan fingerprint density at radius 1 is 1.02 bits per heavy atom. The maximum atomic E-state index is 13.3. The van der Waals surface area contributed by atoms with Crippen LogP contribution in [0.2, 0.25) is 5.02 Å². The van der Waals surface area contributed by atoms with Crippen LogP contribution in [0.1, 0.15) is 63.1 Å². The molecule has 1 heterocycles. The van der Waals surface area contributed by atoms with Gasteiger partial charge in [-0.05, 0) is 73.4 Å². The number of hydrogen-bond acceptors (Lipinski definition) is 5. The van der Waals surface area contributed by atoms with Crippen LogP contribution < -0.4 is 15.6 Å². The second-order valence-electron chi connectivity index (χ2n) is 9.52. The summed E-state index contributed by atoms with van der Waals surface area (Å²) in [7, 11) is 0. The van der Waals surface area contributed by atoms with Crippen molar-refractivity contribution in [3.05, 3.63) is 93.5 Å². The fourth-order valence-corrected chi connectivity index (χ4v) is 4.62. The molecule has 42 heavy (non-hydrogen) atoms. The molecule has 0 aromatic heterocycles. The van der Waals surface area contributed by atoms with Crippen LogP contribution in [0.4, 0.5) is 24.5 Å². The van der Waals surface area contributed by atoms with E-state index < -0.39 is 28.6 Å². The quantitative estimate of drug-likeness (QED) is 0.175. The molecule has 4 rings (SSSR count). The Bertz CT molecular complexity index is 1540. The lowest BCUT2D eigenvalue weighted by Crippen LogP contribution is -2.30. The molecular formula is C31H28ClF3N4O3. The van der Waals surface area contributed by atoms with E-state index in [4.69, 9.17) is 16.7 Å². The molecular weight excluding hydrogens is 569 g/mol. The Morgan fingerprint density at radius 2 is 1.81 bits per heavy atom. The number of alkyl halides is 3. The fraction of sp³-hybridized carbons (Fsp3) is 0.258. The average molecular weight is 597 g/mol. The molecule has 0 bridgehead atoms. The number of aliphatic hydroxyl groups is 1. The highest BCUT2D eigenvalue weighted by Gasteiger charge is 2.33. The standard InChI is InChI=1S/C31H28ClF3N4O3/c32-27-12-10-22(18-26(27)31(33,34)35)20-36-38-30(42)25-19-24(39-14-3-1-4-15-39)11-13-28(25)37-29(41)23-9-6-8-21(17-23)7-2-5-16-40/h6,8-13,17-20,40H,1,3-5,14-16H2,(H,37,41)(H,38,42). The topological polar surface area (TPSA) is 94.0 Å². The molecule has 0 spiro atoms. The molecule has 0 unspecified atom stereocenters. The van der Waals surface area contributed by atoms with Crippen molar-refractivity contribution in [2.75, 3.05) is 29.9 Å². The van der Waals surface area contributed by atoms with E-state index in [-0.39, 0.29) is 23.4 Å². The maximum Gasteiger partial charge on any atom is 0.417 e. The van der Waals surface area contributed by atoms with Crippen LogP contribution in [0.3, 0.4) is 0 Å². The van der Waals surface area contributed by atoms with E-state index in [0.717, 1.165) is 56.4 Å². The number of aliphatic hydroxyl groups excluding tert-OH is 1. The predicted molar refractivity (Wildman–Crippen MR) is 157 cm³/mol. The summed E-state index contributed by atoms with van der Waals surface area (Å²) < 4.78 is 39.6. The van der Waals surface area contributed by atoms with Gasteiger partial charge in [-0.2, -0.15) is 18.3 Å². The molecule has 1 aliphatic rings. The number of amides is 2. The first-order valence-electron chi connectivity index (χ1n) is 13.3. The van der Waals surface area contributed by atoms with Gasteiger partial charge in [0.1, 0.15) is 0 Å². The van der Waals surface area contributed by atoms with Gasteiger partial charge in [-0.15, -0.1) is 0 Å². The summed E-state index contributed by atoms with van der Waals surface area (Å²) in [5.74, 6) is 4.57. The van der Waals surface area contributed by atoms with Crippen molar-refractivity contribution in [2.45, 2.75) is 31.9 Å². The van der Waals surface area contributed by atoms with Gasteiger partial charge in [0.15, 0.2) is 0 Å². The van der Waals surface area contributed by atoms with Crippen LogP contribution in [0, 0.1) is 11.8 Å². The number of carbonyl (C=O) groups excluding carboxylic acids is 2. The number of hydrazone groups is 1. The number of rotatable bonds is 7. The van der Waals surface area contributed by atoms with Gasteiger partial charge in [0, 0.05) is 36.3 Å². The zero-order chi connectivity index (χ0) is 30.1. The van der Waals surface area contributed by atoms with E-state index in [2.05, 4.69) is 32.6 Å². The van der Waals surface area contributed by atoms with Crippen molar-refractivity contribution >= 4 is 41.0 Å². The Balaban J connectivity index is 1.58. The van der Waals surface area contributed by atoms with Crippen LogP contribution in [-0.2, 0) is 6.18 Å². The van der Waals surface area contributed by atoms with Crippen molar-refractivity contribution in [1.29, 1.82) is 0 Å². The molecule has 0 aliphatic carbocycles. The van der Waals surface area contributed by atoms with E-state index in [1.54, 1.807) is 36.4 Å². The molecule has 218 valence electrons. The highest BCUT2D eigenvalue weighted by atomic mass is 35.5. The molecule has 0 saturated carbocycles. The average Bonchev–Trinajstić information content (AvgIpc) is 2.98. The monoisotopic (exact) mass is 596 g/mol. The van der Waals surface area contributed by atoms with Crippen molar-refractivity contribution in [3.63, 3.8) is 0 Å². The first kappa shape index (κ1) is 30.6. The first-order valence-corrected chi connectivity index (χ1v) is 13.6. The molecule has 2 amide bonds. The number of hydrogen-bond donors (Lipinski definition) is 3. The maximum absolute atomic E-state index is 13.3. The second-order valence-corrected chi connectivity index (χ2v) is 9.93. The lowest BCUT2D eigenvalue weighted by Gasteiger charge is -2.29.